The molecular formula is C7H5BrFNO2. The molecule has 0 aliphatic heterocycles. The lowest BCUT2D eigenvalue weighted by Gasteiger charge is -1.99. The summed E-state index contributed by atoms with van der Waals surface area (Å²) in [5, 5.41) is 0. The van der Waals surface area contributed by atoms with Gasteiger partial charge in [-0.25, -0.2) is 14.2 Å². The average molecular weight is 237 g/mol. The molecule has 0 amide bonds. The fraction of sp³-hybridized carbons (Fsp3) is 0.143. The standard InChI is InChI=1S/C7H5BrFNO2/c1-12-7(11)4-2-6(8)10-3-5(4)9/h2-3H,1H3/i1D3. The molecule has 0 spiro atoms. The van der Waals surface area contributed by atoms with Gasteiger partial charge >= 0.3 is 5.97 Å². The Morgan fingerprint density at radius 1 is 1.92 bits per heavy atom. The van der Waals surface area contributed by atoms with E-state index in [2.05, 4.69) is 25.7 Å². The third-order valence-electron chi connectivity index (χ3n) is 1.13. The summed E-state index contributed by atoms with van der Waals surface area (Å²) in [6.07, 6.45) is 0.792. The van der Waals surface area contributed by atoms with E-state index in [1.165, 1.54) is 0 Å². The number of ether oxygens (including phenoxy) is 1. The number of hydrogen-bond acceptors (Lipinski definition) is 3. The van der Waals surface area contributed by atoms with Crippen LogP contribution < -0.4 is 0 Å². The first-order chi connectivity index (χ1) is 6.79. The van der Waals surface area contributed by atoms with E-state index in [0.29, 0.717) is 0 Å². The molecule has 0 radical (unpaired) electrons. The monoisotopic (exact) mass is 236 g/mol. The van der Waals surface area contributed by atoms with Crippen molar-refractivity contribution in [2.24, 2.45) is 0 Å². The third-order valence-corrected chi connectivity index (χ3v) is 1.57. The molecule has 12 heavy (non-hydrogen) atoms. The Hall–Kier alpha value is -0.970. The predicted molar refractivity (Wildman–Crippen MR) is 43.2 cm³/mol. The van der Waals surface area contributed by atoms with Crippen LogP contribution in [0.25, 0.3) is 0 Å². The molecule has 0 N–H and O–H groups in total. The van der Waals surface area contributed by atoms with E-state index in [0.717, 1.165) is 12.3 Å². The van der Waals surface area contributed by atoms with Crippen LogP contribution in [0.5, 0.6) is 0 Å². The Kier molecular flexibility index (Phi) is 1.70. The van der Waals surface area contributed by atoms with Crippen LogP contribution in [0, 0.1) is 5.82 Å². The van der Waals surface area contributed by atoms with Gasteiger partial charge in [0.1, 0.15) is 4.60 Å². The van der Waals surface area contributed by atoms with Crippen molar-refractivity contribution in [3.8, 4) is 0 Å². The van der Waals surface area contributed by atoms with Crippen LogP contribution in [0.1, 0.15) is 14.5 Å². The Morgan fingerprint density at radius 2 is 2.67 bits per heavy atom. The minimum absolute atomic E-state index is 0.210. The molecule has 1 aromatic heterocycles. The van der Waals surface area contributed by atoms with Crippen molar-refractivity contribution < 1.29 is 18.0 Å². The highest BCUT2D eigenvalue weighted by atomic mass is 79.9. The van der Waals surface area contributed by atoms with Gasteiger partial charge < -0.3 is 4.74 Å². The van der Waals surface area contributed by atoms with Crippen LogP contribution in [0.4, 0.5) is 4.39 Å². The van der Waals surface area contributed by atoms with Gasteiger partial charge in [0.25, 0.3) is 0 Å². The lowest BCUT2D eigenvalue weighted by atomic mass is 10.3. The Bertz CT molecular complexity index is 396. The van der Waals surface area contributed by atoms with Gasteiger partial charge in [0.05, 0.1) is 22.9 Å². The van der Waals surface area contributed by atoms with Crippen LogP contribution in [0.2, 0.25) is 0 Å². The van der Waals surface area contributed by atoms with Crippen LogP contribution in [-0.4, -0.2) is 18.0 Å². The number of hydrogen-bond donors (Lipinski definition) is 0. The van der Waals surface area contributed by atoms with Crippen molar-refractivity contribution >= 4 is 21.9 Å². The van der Waals surface area contributed by atoms with Gasteiger partial charge in [-0.1, -0.05) is 0 Å². The van der Waals surface area contributed by atoms with Gasteiger partial charge in [-0.15, -0.1) is 0 Å². The van der Waals surface area contributed by atoms with E-state index in [1.807, 2.05) is 0 Å². The number of carbonyl (C=O) groups is 1. The largest absolute Gasteiger partial charge is 0.465 e. The van der Waals surface area contributed by atoms with Gasteiger partial charge in [-0.3, -0.25) is 0 Å². The van der Waals surface area contributed by atoms with Gasteiger partial charge in [-0.2, -0.15) is 0 Å². The van der Waals surface area contributed by atoms with E-state index in [9.17, 15) is 9.18 Å². The molecule has 0 atom stereocenters. The molecule has 64 valence electrons. The molecule has 0 aliphatic rings. The van der Waals surface area contributed by atoms with Gasteiger partial charge in [0.2, 0.25) is 0 Å². The van der Waals surface area contributed by atoms with Crippen LogP contribution in [0.15, 0.2) is 16.9 Å². The molecule has 1 aromatic rings. The van der Waals surface area contributed by atoms with E-state index in [-0.39, 0.29) is 4.60 Å². The number of nitrogens with zero attached hydrogens (tertiary/aromatic N) is 1. The lowest BCUT2D eigenvalue weighted by molar-refractivity contribution is 0.0595. The third kappa shape index (κ3) is 1.79. The van der Waals surface area contributed by atoms with E-state index < -0.39 is 24.4 Å². The lowest BCUT2D eigenvalue weighted by Crippen LogP contribution is -2.04. The Balaban J connectivity index is 2.96. The zero-order valence-corrected chi connectivity index (χ0v) is 7.26. The maximum absolute atomic E-state index is 13.0. The maximum atomic E-state index is 13.0. The Labute approximate surface area is 80.9 Å². The SMILES string of the molecule is [2H]C([2H])([2H])OC(=O)c1cc(Br)ncc1F. The first kappa shape index (κ1) is 5.64. The number of esters is 1. The molecule has 0 fully saturated rings. The first-order valence-electron chi connectivity index (χ1n) is 4.34. The van der Waals surface area contributed by atoms with E-state index in [1.54, 1.807) is 0 Å². The normalized spacial score (nSPS) is 14.3. The highest BCUT2D eigenvalue weighted by Crippen LogP contribution is 2.12. The molecular weight excluding hydrogens is 229 g/mol. The molecule has 3 nitrogen and oxygen atoms in total. The summed E-state index contributed by atoms with van der Waals surface area (Å²) in [7, 11) is -2.89. The molecule has 0 saturated heterocycles. The number of halogens is 2. The van der Waals surface area contributed by atoms with Crippen molar-refractivity contribution in [3.63, 3.8) is 0 Å². The predicted octanol–water partition coefficient (Wildman–Crippen LogP) is 1.77. The molecule has 0 aromatic carbocycles. The average Bonchev–Trinajstić information content (AvgIpc) is 2.06. The van der Waals surface area contributed by atoms with Crippen molar-refractivity contribution in [2.45, 2.75) is 0 Å². The fourth-order valence-corrected chi connectivity index (χ4v) is 0.956. The highest BCUT2D eigenvalue weighted by molar-refractivity contribution is 9.10. The highest BCUT2D eigenvalue weighted by Gasteiger charge is 2.12. The summed E-state index contributed by atoms with van der Waals surface area (Å²) in [4.78, 5) is 14.7. The summed E-state index contributed by atoms with van der Waals surface area (Å²) in [6, 6.07) is 1.05. The van der Waals surface area contributed by atoms with E-state index in [4.69, 9.17) is 4.11 Å². The summed E-state index contributed by atoms with van der Waals surface area (Å²) in [5.41, 5.74) is -0.479. The zero-order chi connectivity index (χ0) is 11.6. The molecule has 0 unspecified atom stereocenters. The minimum Gasteiger partial charge on any atom is -0.465 e. The number of aromatic nitrogens is 1. The second-order valence-corrected chi connectivity index (χ2v) is 2.69. The van der Waals surface area contributed by atoms with Gasteiger partial charge in [-0.05, 0) is 22.0 Å². The van der Waals surface area contributed by atoms with Crippen LogP contribution in [-0.2, 0) is 4.74 Å². The second-order valence-electron chi connectivity index (χ2n) is 1.88. The molecule has 1 heterocycles. The summed E-state index contributed by atoms with van der Waals surface area (Å²) >= 11 is 2.92. The minimum atomic E-state index is -2.89. The van der Waals surface area contributed by atoms with Crippen LogP contribution in [0.3, 0.4) is 0 Å². The van der Waals surface area contributed by atoms with Gasteiger partial charge in [0, 0.05) is 0 Å². The van der Waals surface area contributed by atoms with Crippen LogP contribution >= 0.6 is 15.9 Å². The molecule has 5 heteroatoms. The fourth-order valence-electron chi connectivity index (χ4n) is 0.625. The summed E-state index contributed by atoms with van der Waals surface area (Å²) in [6.45, 7) is 0. The zero-order valence-electron chi connectivity index (χ0n) is 8.67. The van der Waals surface area contributed by atoms with E-state index >= 15 is 0 Å². The van der Waals surface area contributed by atoms with Crippen molar-refractivity contribution in [1.82, 2.24) is 4.98 Å². The number of rotatable bonds is 1. The maximum Gasteiger partial charge on any atom is 0.341 e. The molecule has 0 bridgehead atoms. The second kappa shape index (κ2) is 3.62. The summed E-state index contributed by atoms with van der Waals surface area (Å²) < 4.78 is 37.3. The first-order valence-corrected chi connectivity index (χ1v) is 3.63. The molecule has 0 aliphatic carbocycles. The van der Waals surface area contributed by atoms with Crippen molar-refractivity contribution in [2.75, 3.05) is 7.04 Å². The number of pyridine rings is 1. The Morgan fingerprint density at radius 3 is 3.33 bits per heavy atom. The topological polar surface area (TPSA) is 39.2 Å². The molecule has 0 saturated carbocycles. The number of methoxy groups -OCH3 is 1. The number of carbonyl (C=O) groups excluding carboxylic acids is 1. The molecule has 1 rings (SSSR count). The van der Waals surface area contributed by atoms with Crippen molar-refractivity contribution in [1.29, 1.82) is 0 Å². The quantitative estimate of drug-likeness (QED) is 0.551. The summed E-state index contributed by atoms with van der Waals surface area (Å²) in [5.74, 6) is -2.19. The van der Waals surface area contributed by atoms with Gasteiger partial charge in [0.15, 0.2) is 5.82 Å². The smallest absolute Gasteiger partial charge is 0.341 e. The van der Waals surface area contributed by atoms with Crippen molar-refractivity contribution in [3.05, 3.63) is 28.2 Å².